The van der Waals surface area contributed by atoms with E-state index < -0.39 is 5.94 Å². The highest BCUT2D eigenvalue weighted by atomic mass is 80.0. The minimum absolute atomic E-state index is 0.0461. The Balaban J connectivity index is 0.000000170. The lowest BCUT2D eigenvalue weighted by Crippen LogP contribution is -1.99. The van der Waals surface area contributed by atoms with Crippen molar-refractivity contribution in [1.82, 2.24) is 20.4 Å². The van der Waals surface area contributed by atoms with Gasteiger partial charge in [-0.15, -0.1) is 20.4 Å². The summed E-state index contributed by atoms with van der Waals surface area (Å²) in [5, 5.41) is 17.7. The molecule has 0 unspecified atom stereocenters. The van der Waals surface area contributed by atoms with Crippen LogP contribution in [0.2, 0.25) is 0 Å². The van der Waals surface area contributed by atoms with E-state index in [2.05, 4.69) is 80.3 Å². The van der Waals surface area contributed by atoms with Crippen molar-refractivity contribution in [2.75, 3.05) is 0 Å². The third-order valence-electron chi connectivity index (χ3n) is 4.56. The molecule has 0 fully saturated rings. The summed E-state index contributed by atoms with van der Waals surface area (Å²) in [5.41, 5.74) is 1.91. The first-order valence-electron chi connectivity index (χ1n) is 10.1. The lowest BCUT2D eigenvalue weighted by atomic mass is 10.1. The lowest BCUT2D eigenvalue weighted by Gasteiger charge is -2.04. The largest absolute Gasteiger partial charge is 0.417 e. The van der Waals surface area contributed by atoms with Gasteiger partial charge in [-0.25, -0.2) is 0 Å². The predicted molar refractivity (Wildman–Crippen MR) is 155 cm³/mol. The molecule has 0 N–H and O–H groups in total. The Kier molecular flexibility index (Phi) is 8.91. The Bertz CT molecular complexity index is 1480. The van der Waals surface area contributed by atoms with E-state index in [0.717, 1.165) is 16.5 Å². The first-order valence-corrected chi connectivity index (χ1v) is 13.6. The molecule has 2 heterocycles. The maximum Gasteiger partial charge on any atom is 0.268 e. The van der Waals surface area contributed by atoms with Crippen LogP contribution >= 0.6 is 82.6 Å². The molecule has 184 valence electrons. The van der Waals surface area contributed by atoms with Gasteiger partial charge < -0.3 is 8.83 Å². The molecular weight excluding hydrogens is 722 g/mol. The van der Waals surface area contributed by atoms with Crippen LogP contribution in [0, 0.1) is 0 Å². The topological polar surface area (TPSA) is 77.8 Å². The SMILES string of the molecule is BrC(Br)(Br)c1nnc(-c2ccc3ccccc3c2)o1.ClC(Cl)(Cl)c1nnc(C=Cc2ccccc2)o1. The molecule has 0 spiro atoms. The summed E-state index contributed by atoms with van der Waals surface area (Å²) < 4.78 is 8.41. The molecule has 6 nitrogen and oxygen atoms in total. The average Bonchev–Trinajstić information content (AvgIpc) is 3.54. The summed E-state index contributed by atoms with van der Waals surface area (Å²) in [6.07, 6.45) is 3.48. The zero-order valence-electron chi connectivity index (χ0n) is 18.0. The second-order valence-corrected chi connectivity index (χ2v) is 16.2. The molecule has 3 aromatic carbocycles. The second kappa shape index (κ2) is 11.8. The van der Waals surface area contributed by atoms with Gasteiger partial charge in [-0.3, -0.25) is 0 Å². The van der Waals surface area contributed by atoms with Crippen molar-refractivity contribution in [3.05, 3.63) is 96.0 Å². The molecule has 5 rings (SSSR count). The summed E-state index contributed by atoms with van der Waals surface area (Å²) in [6.45, 7) is 0. The van der Waals surface area contributed by atoms with Gasteiger partial charge in [0.2, 0.25) is 13.9 Å². The van der Waals surface area contributed by atoms with Gasteiger partial charge in [0.1, 0.15) is 0 Å². The second-order valence-electron chi connectivity index (χ2n) is 7.16. The molecule has 0 aliphatic rings. The van der Waals surface area contributed by atoms with Crippen LogP contribution < -0.4 is 0 Å². The minimum atomic E-state index is -1.69. The Morgan fingerprint density at radius 2 is 1.33 bits per heavy atom. The van der Waals surface area contributed by atoms with Crippen molar-refractivity contribution in [2.45, 2.75) is 5.94 Å². The minimum Gasteiger partial charge on any atom is -0.417 e. The third kappa shape index (κ3) is 7.40. The van der Waals surface area contributed by atoms with Crippen molar-refractivity contribution in [2.24, 2.45) is 0 Å². The van der Waals surface area contributed by atoms with E-state index in [1.807, 2.05) is 66.7 Å². The number of rotatable bonds is 3. The maximum absolute atomic E-state index is 5.62. The number of alkyl halides is 6. The lowest BCUT2D eigenvalue weighted by molar-refractivity contribution is 0.493. The van der Waals surface area contributed by atoms with Crippen LogP contribution in [0.1, 0.15) is 23.2 Å². The first kappa shape index (κ1) is 27.3. The molecular formula is C24H14Br3Cl3N4O2. The van der Waals surface area contributed by atoms with Gasteiger partial charge in [-0.1, -0.05) is 95.5 Å². The van der Waals surface area contributed by atoms with Crippen LogP contribution in [0.3, 0.4) is 0 Å². The van der Waals surface area contributed by atoms with E-state index in [1.54, 1.807) is 6.08 Å². The van der Waals surface area contributed by atoms with Crippen LogP contribution in [-0.4, -0.2) is 20.4 Å². The summed E-state index contributed by atoms with van der Waals surface area (Å²) in [4.78, 5) is 0. The van der Waals surface area contributed by atoms with Crippen LogP contribution in [0.25, 0.3) is 34.4 Å². The summed E-state index contributed by atoms with van der Waals surface area (Å²) in [5.74, 6) is 1.14. The van der Waals surface area contributed by atoms with Crippen LogP contribution in [0.5, 0.6) is 0 Å². The molecule has 0 radical (unpaired) electrons. The molecule has 0 aliphatic heterocycles. The van der Waals surface area contributed by atoms with E-state index in [1.165, 1.54) is 5.39 Å². The molecule has 0 atom stereocenters. The van der Waals surface area contributed by atoms with Crippen LogP contribution in [-0.2, 0) is 5.94 Å². The molecule has 5 aromatic rings. The van der Waals surface area contributed by atoms with Gasteiger partial charge in [0.15, 0.2) is 0 Å². The van der Waals surface area contributed by atoms with Crippen LogP contribution in [0.15, 0.2) is 81.6 Å². The number of nitrogens with zero attached hydrogens (tertiary/aromatic N) is 4. The molecule has 36 heavy (non-hydrogen) atoms. The van der Waals surface area contributed by atoms with Gasteiger partial charge in [0, 0.05) is 11.6 Å². The zero-order chi connectivity index (χ0) is 25.8. The Morgan fingerprint density at radius 3 is 1.97 bits per heavy atom. The van der Waals surface area contributed by atoms with E-state index in [0.29, 0.717) is 11.8 Å². The molecule has 2 aromatic heterocycles. The highest BCUT2D eigenvalue weighted by Gasteiger charge is 2.30. The van der Waals surface area contributed by atoms with Crippen molar-refractivity contribution in [3.63, 3.8) is 0 Å². The van der Waals surface area contributed by atoms with E-state index in [9.17, 15) is 0 Å². The van der Waals surface area contributed by atoms with Crippen molar-refractivity contribution in [1.29, 1.82) is 0 Å². The maximum atomic E-state index is 5.62. The fourth-order valence-corrected chi connectivity index (χ4v) is 3.63. The van der Waals surface area contributed by atoms with Gasteiger partial charge in [0.25, 0.3) is 15.6 Å². The number of benzene rings is 3. The predicted octanol–water partition coefficient (Wildman–Crippen LogP) is 9.25. The molecule has 0 saturated heterocycles. The summed E-state index contributed by atoms with van der Waals surface area (Å²) in [7, 11) is 0. The van der Waals surface area contributed by atoms with E-state index in [-0.39, 0.29) is 11.8 Å². The van der Waals surface area contributed by atoms with E-state index in [4.69, 9.17) is 43.6 Å². The zero-order valence-corrected chi connectivity index (χ0v) is 25.0. The number of fused-ring (bicyclic) bond motifs is 1. The van der Waals surface area contributed by atoms with Gasteiger partial charge >= 0.3 is 0 Å². The fraction of sp³-hybridized carbons (Fsp3) is 0.0833. The first-order chi connectivity index (χ1) is 17.1. The Morgan fingerprint density at radius 1 is 0.667 bits per heavy atom. The molecule has 12 heteroatoms. The summed E-state index contributed by atoms with van der Waals surface area (Å²) in [6, 6.07) is 23.9. The average molecular weight is 736 g/mol. The van der Waals surface area contributed by atoms with Crippen LogP contribution in [0.4, 0.5) is 0 Å². The quantitative estimate of drug-likeness (QED) is 0.172. The molecule has 0 aliphatic carbocycles. The third-order valence-corrected chi connectivity index (χ3v) is 6.07. The highest BCUT2D eigenvalue weighted by Crippen LogP contribution is 2.44. The van der Waals surface area contributed by atoms with Crippen molar-refractivity contribution < 1.29 is 8.83 Å². The number of hydrogen-bond acceptors (Lipinski definition) is 6. The standard InChI is InChI=1S/C13H7Br3N2O.C11H7Cl3N2O/c14-13(15,16)12-18-17-11(19-12)10-6-5-8-3-1-2-4-9(8)7-10;12-11(13,14)10-16-15-9(17-10)7-6-8-4-2-1-3-5-8/h1-7H;1-7H. The summed E-state index contributed by atoms with van der Waals surface area (Å²) >= 11 is 26.8. The number of hydrogen-bond donors (Lipinski definition) is 0. The molecule has 0 bridgehead atoms. The smallest absolute Gasteiger partial charge is 0.268 e. The molecule has 0 saturated carbocycles. The van der Waals surface area contributed by atoms with Gasteiger partial charge in [-0.2, -0.15) is 0 Å². The van der Waals surface area contributed by atoms with E-state index >= 15 is 0 Å². The Labute approximate surface area is 246 Å². The molecule has 0 amide bonds. The van der Waals surface area contributed by atoms with Gasteiger partial charge in [0.05, 0.1) is 0 Å². The van der Waals surface area contributed by atoms with Crippen molar-refractivity contribution >= 4 is 106 Å². The van der Waals surface area contributed by atoms with Crippen molar-refractivity contribution in [3.8, 4) is 11.5 Å². The van der Waals surface area contributed by atoms with Gasteiger partial charge in [-0.05, 0) is 82.3 Å². The number of aromatic nitrogens is 4. The fourth-order valence-electron chi connectivity index (χ4n) is 2.92. The number of halogens is 6. The monoisotopic (exact) mass is 732 g/mol. The normalized spacial score (nSPS) is 12.1. The highest BCUT2D eigenvalue weighted by molar-refractivity contribution is 9.38. The Hall–Kier alpha value is -1.75.